The first kappa shape index (κ1) is 20.7. The summed E-state index contributed by atoms with van der Waals surface area (Å²) < 4.78 is 0. The van der Waals surface area contributed by atoms with E-state index >= 15 is 0 Å². The number of amides is 1. The van der Waals surface area contributed by atoms with Gasteiger partial charge in [-0.3, -0.25) is 14.8 Å². The molecule has 1 saturated carbocycles. The predicted molar refractivity (Wildman–Crippen MR) is 109 cm³/mol. The predicted octanol–water partition coefficient (Wildman–Crippen LogP) is 2.77. The molecule has 6 nitrogen and oxygen atoms in total. The molecule has 2 rings (SSSR count). The van der Waals surface area contributed by atoms with Gasteiger partial charge in [0.1, 0.15) is 0 Å². The van der Waals surface area contributed by atoms with Crippen molar-refractivity contribution in [2.45, 2.75) is 39.0 Å². The lowest BCUT2D eigenvalue weighted by molar-refractivity contribution is -0.115. The van der Waals surface area contributed by atoms with Crippen molar-refractivity contribution in [3.63, 3.8) is 0 Å². The quantitative estimate of drug-likeness (QED) is 0.358. The van der Waals surface area contributed by atoms with Gasteiger partial charge in [0.05, 0.1) is 18.4 Å². The maximum atomic E-state index is 11.9. The summed E-state index contributed by atoms with van der Waals surface area (Å²) in [7, 11) is 1.72. The first-order valence-electron chi connectivity index (χ1n) is 8.32. The van der Waals surface area contributed by atoms with Crippen LogP contribution >= 0.6 is 24.0 Å². The number of aliphatic imine (C=N–C) groups is 1. The summed E-state index contributed by atoms with van der Waals surface area (Å²) in [5.41, 5.74) is 1.08. The van der Waals surface area contributed by atoms with Crippen molar-refractivity contribution < 1.29 is 4.79 Å². The van der Waals surface area contributed by atoms with E-state index < -0.39 is 0 Å². The van der Waals surface area contributed by atoms with E-state index in [1.165, 1.54) is 32.1 Å². The fourth-order valence-electron chi connectivity index (χ4n) is 3.08. The van der Waals surface area contributed by atoms with Gasteiger partial charge in [0.25, 0.3) is 0 Å². The Morgan fingerprint density at radius 1 is 1.33 bits per heavy atom. The second kappa shape index (κ2) is 10.5. The number of nitrogens with zero attached hydrogens (tertiary/aromatic N) is 2. The molecule has 1 aliphatic rings. The molecule has 1 aromatic rings. The van der Waals surface area contributed by atoms with E-state index in [2.05, 4.69) is 32.9 Å². The Morgan fingerprint density at radius 3 is 2.67 bits per heavy atom. The zero-order valence-electron chi connectivity index (χ0n) is 14.5. The van der Waals surface area contributed by atoms with Crippen LogP contribution in [-0.4, -0.2) is 37.0 Å². The van der Waals surface area contributed by atoms with E-state index in [9.17, 15) is 4.79 Å². The molecule has 0 radical (unpaired) electrons. The van der Waals surface area contributed by atoms with Crippen molar-refractivity contribution in [2.75, 3.05) is 25.5 Å². The molecule has 1 fully saturated rings. The smallest absolute Gasteiger partial charge is 0.243 e. The number of carbonyl (C=O) groups excluding carboxylic acids is 1. The van der Waals surface area contributed by atoms with Crippen molar-refractivity contribution in [1.82, 2.24) is 15.6 Å². The van der Waals surface area contributed by atoms with Gasteiger partial charge in [-0.05, 0) is 36.8 Å². The molecule has 134 valence electrons. The van der Waals surface area contributed by atoms with Crippen LogP contribution in [0.3, 0.4) is 0 Å². The lowest BCUT2D eigenvalue weighted by atomic mass is 9.83. The minimum Gasteiger partial charge on any atom is -0.356 e. The Kier molecular flexibility index (Phi) is 9.02. The average molecular weight is 445 g/mol. The molecule has 7 heteroatoms. The van der Waals surface area contributed by atoms with Gasteiger partial charge in [0.15, 0.2) is 5.96 Å². The third-order valence-corrected chi connectivity index (χ3v) is 4.63. The van der Waals surface area contributed by atoms with Crippen LogP contribution in [0.25, 0.3) is 0 Å². The highest BCUT2D eigenvalue weighted by atomic mass is 127. The number of hydrogen-bond donors (Lipinski definition) is 3. The highest BCUT2D eigenvalue weighted by molar-refractivity contribution is 14.0. The minimum absolute atomic E-state index is 0. The monoisotopic (exact) mass is 445 g/mol. The van der Waals surface area contributed by atoms with E-state index in [1.807, 2.05) is 6.07 Å². The van der Waals surface area contributed by atoms with E-state index in [0.717, 1.165) is 6.54 Å². The molecule has 0 aromatic carbocycles. The maximum Gasteiger partial charge on any atom is 0.243 e. The van der Waals surface area contributed by atoms with Gasteiger partial charge in [-0.25, -0.2) is 0 Å². The molecular formula is C17H28IN5O. The standard InChI is InChI=1S/C17H27N5O.HI/c1-3-17(8-4-5-9-17)13-21-16(18-2)20-12-15(23)22-14-7-6-10-19-11-14;/h6-7,10-11H,3-5,8-9,12-13H2,1-2H3,(H,22,23)(H2,18,20,21);1H. The molecule has 0 bridgehead atoms. The summed E-state index contributed by atoms with van der Waals surface area (Å²) in [4.78, 5) is 20.1. The molecular weight excluding hydrogens is 417 g/mol. The van der Waals surface area contributed by atoms with Gasteiger partial charge in [0, 0.05) is 19.8 Å². The number of anilines is 1. The van der Waals surface area contributed by atoms with Crippen molar-refractivity contribution in [2.24, 2.45) is 10.4 Å². The number of aromatic nitrogens is 1. The topological polar surface area (TPSA) is 78.4 Å². The van der Waals surface area contributed by atoms with Crippen LogP contribution in [0.15, 0.2) is 29.5 Å². The first-order valence-corrected chi connectivity index (χ1v) is 8.32. The van der Waals surface area contributed by atoms with Gasteiger partial charge < -0.3 is 16.0 Å². The molecule has 3 N–H and O–H groups in total. The van der Waals surface area contributed by atoms with Gasteiger partial charge >= 0.3 is 0 Å². The van der Waals surface area contributed by atoms with E-state index in [0.29, 0.717) is 17.1 Å². The summed E-state index contributed by atoms with van der Waals surface area (Å²) in [6, 6.07) is 3.60. The molecule has 1 heterocycles. The SMILES string of the molecule is CCC1(CNC(=NC)NCC(=O)Nc2cccnc2)CCCC1.I. The Balaban J connectivity index is 0.00000288. The fraction of sp³-hybridized carbons (Fsp3) is 0.588. The number of nitrogens with one attached hydrogen (secondary N) is 3. The largest absolute Gasteiger partial charge is 0.356 e. The summed E-state index contributed by atoms with van der Waals surface area (Å²) in [6.45, 7) is 3.34. The number of halogens is 1. The lowest BCUT2D eigenvalue weighted by Gasteiger charge is -2.28. The number of pyridine rings is 1. The summed E-state index contributed by atoms with van der Waals surface area (Å²) in [6.07, 6.45) is 9.65. The second-order valence-corrected chi connectivity index (χ2v) is 6.13. The van der Waals surface area contributed by atoms with Gasteiger partial charge in [0.2, 0.25) is 5.91 Å². The van der Waals surface area contributed by atoms with Gasteiger partial charge in [-0.15, -0.1) is 24.0 Å². The van der Waals surface area contributed by atoms with Gasteiger partial charge in [-0.1, -0.05) is 19.8 Å². The molecule has 24 heavy (non-hydrogen) atoms. The molecule has 0 unspecified atom stereocenters. The number of guanidine groups is 1. The number of carbonyl (C=O) groups is 1. The Labute approximate surface area is 161 Å². The third-order valence-electron chi connectivity index (χ3n) is 4.63. The molecule has 0 aliphatic heterocycles. The van der Waals surface area contributed by atoms with E-state index in [1.54, 1.807) is 25.5 Å². The summed E-state index contributed by atoms with van der Waals surface area (Å²) in [5.74, 6) is 0.554. The Morgan fingerprint density at radius 2 is 2.08 bits per heavy atom. The second-order valence-electron chi connectivity index (χ2n) is 6.13. The fourth-order valence-corrected chi connectivity index (χ4v) is 3.08. The zero-order chi connectivity index (χ0) is 16.5. The van der Waals surface area contributed by atoms with Crippen LogP contribution in [-0.2, 0) is 4.79 Å². The lowest BCUT2D eigenvalue weighted by Crippen LogP contribution is -2.45. The van der Waals surface area contributed by atoms with Crippen LogP contribution in [0.4, 0.5) is 5.69 Å². The number of hydrogen-bond acceptors (Lipinski definition) is 3. The Hall–Kier alpha value is -1.38. The molecule has 1 aliphatic carbocycles. The van der Waals surface area contributed by atoms with Crippen LogP contribution in [0.1, 0.15) is 39.0 Å². The zero-order valence-corrected chi connectivity index (χ0v) is 16.8. The minimum atomic E-state index is -0.118. The van der Waals surface area contributed by atoms with E-state index in [4.69, 9.17) is 0 Å². The Bertz CT molecular complexity index is 529. The summed E-state index contributed by atoms with van der Waals surface area (Å²) >= 11 is 0. The van der Waals surface area contributed by atoms with E-state index in [-0.39, 0.29) is 36.4 Å². The highest BCUT2D eigenvalue weighted by Gasteiger charge is 2.31. The van der Waals surface area contributed by atoms with Crippen LogP contribution < -0.4 is 16.0 Å². The molecule has 1 amide bonds. The van der Waals surface area contributed by atoms with Crippen molar-refractivity contribution >= 4 is 41.5 Å². The molecule has 0 saturated heterocycles. The van der Waals surface area contributed by atoms with Crippen molar-refractivity contribution in [3.05, 3.63) is 24.5 Å². The summed E-state index contributed by atoms with van der Waals surface area (Å²) in [5, 5.41) is 9.22. The average Bonchev–Trinajstić information content (AvgIpc) is 3.05. The molecule has 1 aromatic heterocycles. The van der Waals surface area contributed by atoms with Gasteiger partial charge in [-0.2, -0.15) is 0 Å². The normalized spacial score (nSPS) is 16.2. The maximum absolute atomic E-state index is 11.9. The first-order chi connectivity index (χ1) is 11.2. The third kappa shape index (κ3) is 6.26. The molecule has 0 atom stereocenters. The highest BCUT2D eigenvalue weighted by Crippen LogP contribution is 2.40. The van der Waals surface area contributed by atoms with Crippen LogP contribution in [0.2, 0.25) is 0 Å². The van der Waals surface area contributed by atoms with Crippen molar-refractivity contribution in [1.29, 1.82) is 0 Å². The van der Waals surface area contributed by atoms with Crippen LogP contribution in [0, 0.1) is 5.41 Å². The van der Waals surface area contributed by atoms with Crippen molar-refractivity contribution in [3.8, 4) is 0 Å². The van der Waals surface area contributed by atoms with Crippen LogP contribution in [0.5, 0.6) is 0 Å². The number of rotatable bonds is 6. The molecule has 0 spiro atoms.